The summed E-state index contributed by atoms with van der Waals surface area (Å²) in [5.41, 5.74) is 3.88. The van der Waals surface area contributed by atoms with Gasteiger partial charge in [-0.3, -0.25) is 4.90 Å². The maximum absolute atomic E-state index is 11.4. The van der Waals surface area contributed by atoms with Gasteiger partial charge >= 0.3 is 5.63 Å². The van der Waals surface area contributed by atoms with E-state index in [1.807, 2.05) is 0 Å². The fourth-order valence-corrected chi connectivity index (χ4v) is 3.83. The lowest BCUT2D eigenvalue weighted by Gasteiger charge is -2.14. The molecule has 1 aliphatic heterocycles. The molecule has 0 aliphatic carbocycles. The first-order valence-electron chi connectivity index (χ1n) is 9.42. The second-order valence-corrected chi connectivity index (χ2v) is 7.12. The molecule has 2 heterocycles. The van der Waals surface area contributed by atoms with Gasteiger partial charge in [0.15, 0.2) is 0 Å². The van der Waals surface area contributed by atoms with Crippen LogP contribution in [0.3, 0.4) is 0 Å². The van der Waals surface area contributed by atoms with Crippen molar-refractivity contribution >= 4 is 16.7 Å². The number of aryl methyl sites for hydroxylation is 2. The van der Waals surface area contributed by atoms with Crippen molar-refractivity contribution in [2.24, 2.45) is 5.18 Å². The summed E-state index contributed by atoms with van der Waals surface area (Å²) < 4.78 is 5.23. The maximum atomic E-state index is 11.4. The molecular weight excluding hydrogens is 340 g/mol. The highest BCUT2D eigenvalue weighted by molar-refractivity contribution is 5.85. The number of benzene rings is 2. The van der Waals surface area contributed by atoms with Crippen LogP contribution in [0, 0.1) is 4.91 Å². The molecule has 0 N–H and O–H groups in total. The van der Waals surface area contributed by atoms with Crippen molar-refractivity contribution in [1.29, 1.82) is 0 Å². The number of likely N-dealkylation sites (tertiary alicyclic amines) is 1. The fraction of sp³-hybridized carbons (Fsp3) is 0.318. The zero-order chi connectivity index (χ0) is 18.6. The van der Waals surface area contributed by atoms with Crippen LogP contribution < -0.4 is 5.63 Å². The molecule has 1 fully saturated rings. The molecule has 5 heteroatoms. The molecule has 27 heavy (non-hydrogen) atoms. The number of hydrogen-bond acceptors (Lipinski definition) is 5. The number of rotatable bonds is 6. The molecule has 1 saturated heterocycles. The van der Waals surface area contributed by atoms with E-state index in [2.05, 4.69) is 34.3 Å². The minimum atomic E-state index is -0.395. The lowest BCUT2D eigenvalue weighted by atomic mass is 9.98. The van der Waals surface area contributed by atoms with Gasteiger partial charge in [-0.1, -0.05) is 24.3 Å². The van der Waals surface area contributed by atoms with E-state index in [1.165, 1.54) is 43.1 Å². The van der Waals surface area contributed by atoms with Crippen LogP contribution in [0.25, 0.3) is 11.0 Å². The Kier molecular flexibility index (Phi) is 5.12. The Labute approximate surface area is 157 Å². The Morgan fingerprint density at radius 3 is 2.37 bits per heavy atom. The summed E-state index contributed by atoms with van der Waals surface area (Å²) in [7, 11) is 0. The van der Waals surface area contributed by atoms with Crippen molar-refractivity contribution in [3.8, 4) is 0 Å². The number of nitroso groups, excluding NO2 is 1. The third kappa shape index (κ3) is 3.98. The lowest BCUT2D eigenvalue weighted by Crippen LogP contribution is -2.18. The molecule has 5 nitrogen and oxygen atoms in total. The van der Waals surface area contributed by atoms with E-state index in [0.717, 1.165) is 23.9 Å². The van der Waals surface area contributed by atoms with Gasteiger partial charge < -0.3 is 4.42 Å². The molecule has 0 amide bonds. The van der Waals surface area contributed by atoms with E-state index in [9.17, 15) is 9.70 Å². The van der Waals surface area contributed by atoms with E-state index in [0.29, 0.717) is 17.7 Å². The summed E-state index contributed by atoms with van der Waals surface area (Å²) in [5.74, 6) is 0. The predicted molar refractivity (Wildman–Crippen MR) is 106 cm³/mol. The molecule has 0 atom stereocenters. The van der Waals surface area contributed by atoms with E-state index < -0.39 is 5.63 Å². The highest BCUT2D eigenvalue weighted by Crippen LogP contribution is 2.29. The molecule has 0 saturated carbocycles. The van der Waals surface area contributed by atoms with Crippen LogP contribution in [-0.2, 0) is 19.4 Å². The van der Waals surface area contributed by atoms with Crippen LogP contribution in [0.5, 0.6) is 0 Å². The fourth-order valence-electron chi connectivity index (χ4n) is 3.83. The van der Waals surface area contributed by atoms with Crippen molar-refractivity contribution in [3.63, 3.8) is 0 Å². The van der Waals surface area contributed by atoms with Crippen LogP contribution in [0.1, 0.15) is 29.5 Å². The normalized spacial score (nSPS) is 14.7. The van der Waals surface area contributed by atoms with Crippen molar-refractivity contribution in [2.45, 2.75) is 32.2 Å². The summed E-state index contributed by atoms with van der Waals surface area (Å²) in [6.45, 7) is 3.41. The van der Waals surface area contributed by atoms with Crippen LogP contribution in [0.4, 0.5) is 5.69 Å². The van der Waals surface area contributed by atoms with E-state index >= 15 is 0 Å². The molecular formula is C22H22N2O3. The van der Waals surface area contributed by atoms with Crippen molar-refractivity contribution in [2.75, 3.05) is 13.1 Å². The number of fused-ring (bicyclic) bond motifs is 1. The summed E-state index contributed by atoms with van der Waals surface area (Å²) in [4.78, 5) is 25.1. The quantitative estimate of drug-likeness (QED) is 0.476. The van der Waals surface area contributed by atoms with Crippen LogP contribution in [0.2, 0.25) is 0 Å². The largest absolute Gasteiger partial charge is 0.423 e. The molecule has 0 unspecified atom stereocenters. The van der Waals surface area contributed by atoms with E-state index in [1.54, 1.807) is 18.2 Å². The molecule has 1 aromatic heterocycles. The zero-order valence-corrected chi connectivity index (χ0v) is 15.2. The van der Waals surface area contributed by atoms with Crippen molar-refractivity contribution < 1.29 is 4.42 Å². The van der Waals surface area contributed by atoms with Crippen LogP contribution in [-0.4, -0.2) is 18.0 Å². The Balaban J connectivity index is 1.51. The first kappa shape index (κ1) is 17.6. The van der Waals surface area contributed by atoms with Gasteiger partial charge in [-0.25, -0.2) is 4.79 Å². The van der Waals surface area contributed by atoms with E-state index in [4.69, 9.17) is 4.42 Å². The molecule has 0 spiro atoms. The molecule has 4 rings (SSSR count). The summed E-state index contributed by atoms with van der Waals surface area (Å²) >= 11 is 0. The van der Waals surface area contributed by atoms with Crippen molar-refractivity contribution in [3.05, 3.63) is 80.5 Å². The monoisotopic (exact) mass is 362 g/mol. The van der Waals surface area contributed by atoms with Gasteiger partial charge in [-0.15, -0.1) is 4.91 Å². The first-order valence-corrected chi connectivity index (χ1v) is 9.42. The standard InChI is InChI=1S/C22H22N2O3/c25-22-12-9-19-18(20(23-26)10-11-21(19)27-22)8-7-16-3-5-17(6-4-16)15-24-13-1-2-14-24/h3-6,9-12H,1-2,7-8,13-15H2. The highest BCUT2D eigenvalue weighted by atomic mass is 16.4. The van der Waals surface area contributed by atoms with E-state index in [-0.39, 0.29) is 0 Å². The van der Waals surface area contributed by atoms with Gasteiger partial charge in [-0.2, -0.15) is 0 Å². The smallest absolute Gasteiger partial charge is 0.336 e. The average Bonchev–Trinajstić information content (AvgIpc) is 3.20. The zero-order valence-electron chi connectivity index (χ0n) is 15.2. The Morgan fingerprint density at radius 2 is 1.63 bits per heavy atom. The average molecular weight is 362 g/mol. The summed E-state index contributed by atoms with van der Waals surface area (Å²) in [5, 5.41) is 3.93. The van der Waals surface area contributed by atoms with Gasteiger partial charge in [0.2, 0.25) is 0 Å². The summed E-state index contributed by atoms with van der Waals surface area (Å²) in [6, 6.07) is 15.0. The third-order valence-corrected chi connectivity index (χ3v) is 5.28. The minimum Gasteiger partial charge on any atom is -0.423 e. The Hall–Kier alpha value is -2.79. The minimum absolute atomic E-state index is 0.395. The number of hydrogen-bond donors (Lipinski definition) is 0. The molecule has 1 aliphatic rings. The SMILES string of the molecule is O=Nc1ccc2oc(=O)ccc2c1CCc1ccc(CN2CCCC2)cc1. The number of nitrogens with zero attached hydrogens (tertiary/aromatic N) is 2. The Bertz CT molecular complexity index is 1000. The van der Waals surface area contributed by atoms with Crippen LogP contribution in [0.15, 0.2) is 62.9 Å². The topological polar surface area (TPSA) is 62.9 Å². The predicted octanol–water partition coefficient (Wildman–Crippen LogP) is 4.57. The van der Waals surface area contributed by atoms with Gasteiger partial charge in [-0.05, 0) is 78.8 Å². The first-order chi connectivity index (χ1) is 13.2. The molecule has 138 valence electrons. The molecule has 2 aromatic carbocycles. The van der Waals surface area contributed by atoms with Gasteiger partial charge in [0.1, 0.15) is 11.3 Å². The second kappa shape index (κ2) is 7.84. The Morgan fingerprint density at radius 1 is 0.889 bits per heavy atom. The van der Waals surface area contributed by atoms with Crippen molar-refractivity contribution in [1.82, 2.24) is 4.90 Å². The maximum Gasteiger partial charge on any atom is 0.336 e. The summed E-state index contributed by atoms with van der Waals surface area (Å²) in [6.07, 6.45) is 4.06. The van der Waals surface area contributed by atoms with Gasteiger partial charge in [0.25, 0.3) is 0 Å². The van der Waals surface area contributed by atoms with Crippen LogP contribution >= 0.6 is 0 Å². The lowest BCUT2D eigenvalue weighted by molar-refractivity contribution is 0.331. The van der Waals surface area contributed by atoms with Gasteiger partial charge in [0.05, 0.1) is 0 Å². The molecule has 0 bridgehead atoms. The van der Waals surface area contributed by atoms with Gasteiger partial charge in [0, 0.05) is 18.0 Å². The highest BCUT2D eigenvalue weighted by Gasteiger charge is 2.12. The molecule has 3 aromatic rings. The third-order valence-electron chi connectivity index (χ3n) is 5.28. The molecule has 0 radical (unpaired) electrons. The second-order valence-electron chi connectivity index (χ2n) is 7.12.